The first kappa shape index (κ1) is 17.3. The van der Waals surface area contributed by atoms with E-state index in [1.165, 1.54) is 5.56 Å². The number of nitrogens with one attached hydrogen (secondary N) is 2. The SMILES string of the molecule is CSCc1noc(CNC(=O)C(C)(C)Nc2ccc(C)cc2)n1. The molecule has 124 valence electrons. The molecule has 0 saturated heterocycles. The van der Waals surface area contributed by atoms with Gasteiger partial charge in [-0.25, -0.2) is 0 Å². The van der Waals surface area contributed by atoms with Crippen LogP contribution in [0.1, 0.15) is 31.1 Å². The lowest BCUT2D eigenvalue weighted by molar-refractivity contribution is -0.124. The van der Waals surface area contributed by atoms with Gasteiger partial charge < -0.3 is 15.2 Å². The van der Waals surface area contributed by atoms with Gasteiger partial charge in [-0.2, -0.15) is 16.7 Å². The van der Waals surface area contributed by atoms with Crippen molar-refractivity contribution in [2.24, 2.45) is 0 Å². The lowest BCUT2D eigenvalue weighted by Gasteiger charge is -2.26. The Morgan fingerprint density at radius 1 is 1.30 bits per heavy atom. The Balaban J connectivity index is 1.91. The topological polar surface area (TPSA) is 80.0 Å². The van der Waals surface area contributed by atoms with E-state index in [2.05, 4.69) is 20.8 Å². The van der Waals surface area contributed by atoms with Crippen molar-refractivity contribution in [3.05, 3.63) is 41.5 Å². The molecule has 2 N–H and O–H groups in total. The van der Waals surface area contributed by atoms with Gasteiger partial charge in [-0.05, 0) is 39.2 Å². The summed E-state index contributed by atoms with van der Waals surface area (Å²) in [5.41, 5.74) is 1.32. The van der Waals surface area contributed by atoms with E-state index < -0.39 is 5.54 Å². The molecule has 0 radical (unpaired) electrons. The van der Waals surface area contributed by atoms with Gasteiger partial charge >= 0.3 is 0 Å². The maximum absolute atomic E-state index is 12.4. The van der Waals surface area contributed by atoms with Gasteiger partial charge in [0.25, 0.3) is 0 Å². The van der Waals surface area contributed by atoms with Gasteiger partial charge in [0, 0.05) is 5.69 Å². The van der Waals surface area contributed by atoms with Gasteiger partial charge in [0.1, 0.15) is 5.54 Å². The summed E-state index contributed by atoms with van der Waals surface area (Å²) in [5, 5.41) is 9.89. The van der Waals surface area contributed by atoms with Gasteiger partial charge in [-0.1, -0.05) is 22.9 Å². The van der Waals surface area contributed by atoms with Gasteiger partial charge in [-0.15, -0.1) is 0 Å². The average molecular weight is 334 g/mol. The van der Waals surface area contributed by atoms with E-state index in [1.807, 2.05) is 51.3 Å². The molecule has 0 saturated carbocycles. The third-order valence-electron chi connectivity index (χ3n) is 3.26. The normalized spacial score (nSPS) is 11.3. The Labute approximate surface area is 140 Å². The number of nitrogens with zero attached hydrogens (tertiary/aromatic N) is 2. The molecule has 0 aliphatic heterocycles. The Morgan fingerprint density at radius 2 is 2.00 bits per heavy atom. The van der Waals surface area contributed by atoms with Crippen LogP contribution in [0.25, 0.3) is 0 Å². The summed E-state index contributed by atoms with van der Waals surface area (Å²) >= 11 is 1.62. The highest BCUT2D eigenvalue weighted by molar-refractivity contribution is 7.97. The number of aryl methyl sites for hydroxylation is 1. The largest absolute Gasteiger partial charge is 0.372 e. The van der Waals surface area contributed by atoms with E-state index in [-0.39, 0.29) is 12.5 Å². The highest BCUT2D eigenvalue weighted by Crippen LogP contribution is 2.16. The van der Waals surface area contributed by atoms with Gasteiger partial charge in [0.2, 0.25) is 11.8 Å². The number of amides is 1. The number of anilines is 1. The molecule has 2 rings (SSSR count). The van der Waals surface area contributed by atoms with Crippen molar-refractivity contribution in [2.45, 2.75) is 38.6 Å². The second-order valence-corrected chi connectivity index (χ2v) is 6.70. The van der Waals surface area contributed by atoms with Crippen LogP contribution < -0.4 is 10.6 Å². The Hall–Kier alpha value is -2.02. The maximum atomic E-state index is 12.4. The van der Waals surface area contributed by atoms with Crippen LogP contribution in [0.2, 0.25) is 0 Å². The molecule has 0 aliphatic carbocycles. The fourth-order valence-corrected chi connectivity index (χ4v) is 2.36. The van der Waals surface area contributed by atoms with Crippen molar-refractivity contribution < 1.29 is 9.32 Å². The lowest BCUT2D eigenvalue weighted by atomic mass is 10.0. The Kier molecular flexibility index (Phi) is 5.65. The van der Waals surface area contributed by atoms with Crippen molar-refractivity contribution in [1.82, 2.24) is 15.5 Å². The maximum Gasteiger partial charge on any atom is 0.246 e. The first-order chi connectivity index (χ1) is 10.9. The van der Waals surface area contributed by atoms with Gasteiger partial charge in [0.15, 0.2) is 5.82 Å². The minimum atomic E-state index is -0.753. The fourth-order valence-electron chi connectivity index (χ4n) is 1.98. The standard InChI is InChI=1S/C16H22N4O2S/c1-11-5-7-12(8-6-11)19-16(2,3)15(21)17-9-14-18-13(10-23-4)20-22-14/h5-8,19H,9-10H2,1-4H3,(H,17,21). The molecule has 1 aromatic heterocycles. The smallest absolute Gasteiger partial charge is 0.246 e. The monoisotopic (exact) mass is 334 g/mol. The molecule has 0 bridgehead atoms. The van der Waals surface area contributed by atoms with E-state index in [4.69, 9.17) is 4.52 Å². The molecular weight excluding hydrogens is 312 g/mol. The number of carbonyl (C=O) groups excluding carboxylic acids is 1. The van der Waals surface area contributed by atoms with Gasteiger partial charge in [0.05, 0.1) is 12.3 Å². The summed E-state index contributed by atoms with van der Waals surface area (Å²) in [6.45, 7) is 5.90. The van der Waals surface area contributed by atoms with E-state index in [0.29, 0.717) is 17.5 Å². The third-order valence-corrected chi connectivity index (χ3v) is 3.81. The van der Waals surface area contributed by atoms with E-state index >= 15 is 0 Å². The van der Waals surface area contributed by atoms with Crippen molar-refractivity contribution >= 4 is 23.4 Å². The molecular formula is C16H22N4O2S. The number of thioether (sulfide) groups is 1. The molecule has 1 aromatic carbocycles. The van der Waals surface area contributed by atoms with Gasteiger partial charge in [-0.3, -0.25) is 4.79 Å². The molecule has 0 spiro atoms. The van der Waals surface area contributed by atoms with Crippen LogP contribution in [0.5, 0.6) is 0 Å². The number of hydrogen-bond acceptors (Lipinski definition) is 6. The van der Waals surface area contributed by atoms with Crippen LogP contribution >= 0.6 is 11.8 Å². The highest BCUT2D eigenvalue weighted by Gasteiger charge is 2.27. The number of benzene rings is 1. The zero-order valence-electron chi connectivity index (χ0n) is 13.8. The molecule has 0 unspecified atom stereocenters. The fraction of sp³-hybridized carbons (Fsp3) is 0.438. The number of hydrogen-bond donors (Lipinski definition) is 2. The highest BCUT2D eigenvalue weighted by atomic mass is 32.2. The summed E-state index contributed by atoms with van der Waals surface area (Å²) < 4.78 is 5.10. The lowest BCUT2D eigenvalue weighted by Crippen LogP contribution is -2.47. The summed E-state index contributed by atoms with van der Waals surface area (Å²) in [6.07, 6.45) is 1.97. The number of carbonyl (C=O) groups is 1. The zero-order valence-corrected chi connectivity index (χ0v) is 14.7. The van der Waals surface area contributed by atoms with Crippen molar-refractivity contribution in [3.63, 3.8) is 0 Å². The molecule has 0 aliphatic rings. The van der Waals surface area contributed by atoms with E-state index in [9.17, 15) is 4.79 Å². The first-order valence-electron chi connectivity index (χ1n) is 7.34. The van der Waals surface area contributed by atoms with Crippen LogP contribution in [0, 0.1) is 6.92 Å². The molecule has 0 fully saturated rings. The third kappa shape index (κ3) is 4.99. The average Bonchev–Trinajstić information content (AvgIpc) is 2.95. The van der Waals surface area contributed by atoms with Crippen LogP contribution in [0.15, 0.2) is 28.8 Å². The van der Waals surface area contributed by atoms with Crippen molar-refractivity contribution in [2.75, 3.05) is 11.6 Å². The molecule has 1 heterocycles. The van der Waals surface area contributed by atoms with Crippen LogP contribution in [0.4, 0.5) is 5.69 Å². The minimum absolute atomic E-state index is 0.136. The van der Waals surface area contributed by atoms with Crippen LogP contribution in [0.3, 0.4) is 0 Å². The summed E-state index contributed by atoms with van der Waals surface area (Å²) in [4.78, 5) is 16.6. The van der Waals surface area contributed by atoms with Crippen molar-refractivity contribution in [3.8, 4) is 0 Å². The molecule has 7 heteroatoms. The van der Waals surface area contributed by atoms with E-state index in [0.717, 1.165) is 5.69 Å². The second kappa shape index (κ2) is 7.50. The molecule has 1 amide bonds. The second-order valence-electron chi connectivity index (χ2n) is 5.84. The van der Waals surface area contributed by atoms with Crippen molar-refractivity contribution in [1.29, 1.82) is 0 Å². The van der Waals surface area contributed by atoms with Crippen LogP contribution in [-0.4, -0.2) is 27.8 Å². The predicted octanol–water partition coefficient (Wildman–Crippen LogP) is 2.75. The Bertz CT molecular complexity index is 652. The number of aromatic nitrogens is 2. The van der Waals surface area contributed by atoms with Crippen LogP contribution in [-0.2, 0) is 17.1 Å². The molecule has 2 aromatic rings. The number of rotatable bonds is 7. The summed E-state index contributed by atoms with van der Waals surface area (Å²) in [5.74, 6) is 1.60. The molecule has 23 heavy (non-hydrogen) atoms. The molecule has 0 atom stereocenters. The quantitative estimate of drug-likeness (QED) is 0.810. The minimum Gasteiger partial charge on any atom is -0.372 e. The predicted molar refractivity (Wildman–Crippen MR) is 92.2 cm³/mol. The molecule has 6 nitrogen and oxygen atoms in total. The first-order valence-corrected chi connectivity index (χ1v) is 8.73. The summed E-state index contributed by atoms with van der Waals surface area (Å²) in [7, 11) is 0. The zero-order chi connectivity index (χ0) is 16.9. The Morgan fingerprint density at radius 3 is 2.65 bits per heavy atom. The summed E-state index contributed by atoms with van der Waals surface area (Å²) in [6, 6.07) is 7.91. The van der Waals surface area contributed by atoms with E-state index in [1.54, 1.807) is 11.8 Å².